The van der Waals surface area contributed by atoms with Gasteiger partial charge in [-0.15, -0.1) is 0 Å². The van der Waals surface area contributed by atoms with E-state index in [1.807, 2.05) is 13.8 Å². The van der Waals surface area contributed by atoms with Crippen LogP contribution in [0.15, 0.2) is 24.3 Å². The van der Waals surface area contributed by atoms with Crippen LogP contribution in [-0.4, -0.2) is 18.0 Å². The minimum absolute atomic E-state index is 0.162. The van der Waals surface area contributed by atoms with E-state index in [-0.39, 0.29) is 11.8 Å². The van der Waals surface area contributed by atoms with E-state index in [1.165, 1.54) is 12.1 Å². The number of hydrogen-bond donors (Lipinski definition) is 2. The van der Waals surface area contributed by atoms with Crippen molar-refractivity contribution < 1.29 is 18.0 Å². The molecule has 21 heavy (non-hydrogen) atoms. The van der Waals surface area contributed by atoms with Crippen molar-refractivity contribution in [2.75, 3.05) is 6.54 Å². The molecule has 3 nitrogen and oxygen atoms in total. The van der Waals surface area contributed by atoms with Crippen molar-refractivity contribution in [2.45, 2.75) is 38.9 Å². The van der Waals surface area contributed by atoms with Crippen LogP contribution >= 0.6 is 0 Å². The van der Waals surface area contributed by atoms with Crippen LogP contribution in [0, 0.1) is 5.92 Å². The molecule has 1 atom stereocenters. The van der Waals surface area contributed by atoms with Gasteiger partial charge in [-0.1, -0.05) is 19.1 Å². The quantitative estimate of drug-likeness (QED) is 0.878. The van der Waals surface area contributed by atoms with Crippen LogP contribution < -0.4 is 11.1 Å². The molecule has 6 heteroatoms. The fourth-order valence-corrected chi connectivity index (χ4v) is 1.78. The molecule has 0 aromatic heterocycles. The molecule has 0 aliphatic carbocycles. The summed E-state index contributed by atoms with van der Waals surface area (Å²) in [6, 6.07) is 4.87. The summed E-state index contributed by atoms with van der Waals surface area (Å²) in [5, 5.41) is 2.82. The SMILES string of the molecule is CC(Cc1ccc(C(F)(F)F)cc1)C(=O)NC(C)(C)CN. The van der Waals surface area contributed by atoms with Crippen LogP contribution in [0.25, 0.3) is 0 Å². The Hall–Kier alpha value is -1.56. The lowest BCUT2D eigenvalue weighted by Gasteiger charge is -2.26. The van der Waals surface area contributed by atoms with Crippen LogP contribution in [0.4, 0.5) is 13.2 Å². The van der Waals surface area contributed by atoms with E-state index in [2.05, 4.69) is 5.32 Å². The number of benzene rings is 1. The average molecular weight is 302 g/mol. The Kier molecular flexibility index (Phi) is 5.39. The fourth-order valence-electron chi connectivity index (χ4n) is 1.78. The van der Waals surface area contributed by atoms with Crippen LogP contribution in [0.1, 0.15) is 31.9 Å². The topological polar surface area (TPSA) is 55.1 Å². The van der Waals surface area contributed by atoms with Crippen LogP contribution in [0.3, 0.4) is 0 Å². The average Bonchev–Trinajstić information content (AvgIpc) is 2.37. The number of nitrogens with two attached hydrogens (primary N) is 1. The second kappa shape index (κ2) is 6.47. The molecule has 1 aromatic rings. The second-order valence-corrected chi connectivity index (χ2v) is 5.88. The lowest BCUT2D eigenvalue weighted by molar-refractivity contribution is -0.137. The van der Waals surface area contributed by atoms with Crippen LogP contribution in [0.2, 0.25) is 0 Å². The summed E-state index contributed by atoms with van der Waals surface area (Å²) in [6.07, 6.45) is -3.96. The summed E-state index contributed by atoms with van der Waals surface area (Å²) in [7, 11) is 0. The number of rotatable bonds is 5. The number of nitrogens with one attached hydrogen (secondary N) is 1. The van der Waals surface area contributed by atoms with Crippen molar-refractivity contribution in [1.29, 1.82) is 0 Å². The Bertz CT molecular complexity index is 481. The first-order chi connectivity index (χ1) is 9.55. The lowest BCUT2D eigenvalue weighted by Crippen LogP contribution is -2.50. The third-order valence-corrected chi connectivity index (χ3v) is 3.24. The van der Waals surface area contributed by atoms with E-state index in [4.69, 9.17) is 5.73 Å². The van der Waals surface area contributed by atoms with Gasteiger partial charge in [0.1, 0.15) is 0 Å². The van der Waals surface area contributed by atoms with Gasteiger partial charge in [0, 0.05) is 18.0 Å². The Morgan fingerprint density at radius 2 is 1.76 bits per heavy atom. The first kappa shape index (κ1) is 17.5. The molecule has 0 fully saturated rings. The van der Waals surface area contributed by atoms with Crippen LogP contribution in [-0.2, 0) is 17.4 Å². The van der Waals surface area contributed by atoms with E-state index < -0.39 is 17.3 Å². The standard InChI is InChI=1S/C15H21F3N2O/c1-10(13(21)20-14(2,3)9-19)8-11-4-6-12(7-5-11)15(16,17)18/h4-7,10H,8-9,19H2,1-3H3,(H,20,21). The molecule has 0 saturated carbocycles. The minimum atomic E-state index is -4.34. The highest BCUT2D eigenvalue weighted by molar-refractivity contribution is 5.79. The molecule has 1 amide bonds. The Balaban J connectivity index is 2.67. The second-order valence-electron chi connectivity index (χ2n) is 5.88. The number of hydrogen-bond acceptors (Lipinski definition) is 2. The predicted molar refractivity (Wildman–Crippen MR) is 75.6 cm³/mol. The van der Waals surface area contributed by atoms with Gasteiger partial charge in [0.05, 0.1) is 5.56 Å². The zero-order valence-corrected chi connectivity index (χ0v) is 12.4. The number of amides is 1. The maximum atomic E-state index is 12.5. The summed E-state index contributed by atoms with van der Waals surface area (Å²) < 4.78 is 37.4. The molecule has 1 aromatic carbocycles. The highest BCUT2D eigenvalue weighted by Gasteiger charge is 2.30. The van der Waals surface area contributed by atoms with Gasteiger partial charge in [-0.05, 0) is 38.0 Å². The normalized spacial score (nSPS) is 13.9. The summed E-state index contributed by atoms with van der Waals surface area (Å²) >= 11 is 0. The molecule has 0 spiro atoms. The molecule has 1 rings (SSSR count). The van der Waals surface area contributed by atoms with Crippen molar-refractivity contribution >= 4 is 5.91 Å². The van der Waals surface area contributed by atoms with Crippen molar-refractivity contribution in [2.24, 2.45) is 11.7 Å². The van der Waals surface area contributed by atoms with Gasteiger partial charge in [-0.25, -0.2) is 0 Å². The molecule has 0 aliphatic rings. The van der Waals surface area contributed by atoms with E-state index in [0.717, 1.165) is 12.1 Å². The largest absolute Gasteiger partial charge is 0.416 e. The lowest BCUT2D eigenvalue weighted by atomic mass is 9.97. The van der Waals surface area contributed by atoms with Gasteiger partial charge in [0.25, 0.3) is 0 Å². The van der Waals surface area contributed by atoms with E-state index >= 15 is 0 Å². The Morgan fingerprint density at radius 1 is 1.24 bits per heavy atom. The molecule has 0 heterocycles. The third-order valence-electron chi connectivity index (χ3n) is 3.24. The summed E-state index contributed by atoms with van der Waals surface area (Å²) in [5.74, 6) is -0.502. The number of carbonyl (C=O) groups is 1. The monoisotopic (exact) mass is 302 g/mol. The molecule has 3 N–H and O–H groups in total. The van der Waals surface area contributed by atoms with Gasteiger partial charge in [-0.2, -0.15) is 13.2 Å². The van der Waals surface area contributed by atoms with E-state index in [1.54, 1.807) is 6.92 Å². The molecule has 1 unspecified atom stereocenters. The number of halogens is 3. The zero-order valence-electron chi connectivity index (χ0n) is 12.4. The molecule has 0 bridgehead atoms. The van der Waals surface area contributed by atoms with E-state index in [0.29, 0.717) is 18.5 Å². The molecule has 118 valence electrons. The molecule has 0 radical (unpaired) electrons. The number of alkyl halides is 3. The fraction of sp³-hybridized carbons (Fsp3) is 0.533. The predicted octanol–water partition coefficient (Wildman–Crippen LogP) is 2.74. The summed E-state index contributed by atoms with van der Waals surface area (Å²) in [4.78, 5) is 12.0. The van der Waals surface area contributed by atoms with Crippen molar-refractivity contribution in [3.63, 3.8) is 0 Å². The van der Waals surface area contributed by atoms with Crippen LogP contribution in [0.5, 0.6) is 0 Å². The van der Waals surface area contributed by atoms with E-state index in [9.17, 15) is 18.0 Å². The van der Waals surface area contributed by atoms with Crippen molar-refractivity contribution in [1.82, 2.24) is 5.32 Å². The molecule has 0 saturated heterocycles. The van der Waals surface area contributed by atoms with Crippen molar-refractivity contribution in [3.05, 3.63) is 35.4 Å². The third kappa shape index (κ3) is 5.38. The minimum Gasteiger partial charge on any atom is -0.350 e. The van der Waals surface area contributed by atoms with Gasteiger partial charge in [-0.3, -0.25) is 4.79 Å². The molecular formula is C15H21F3N2O. The molecular weight excluding hydrogens is 281 g/mol. The highest BCUT2D eigenvalue weighted by Crippen LogP contribution is 2.29. The number of carbonyl (C=O) groups excluding carboxylic acids is 1. The Labute approximate surface area is 122 Å². The van der Waals surface area contributed by atoms with Gasteiger partial charge in [0.2, 0.25) is 5.91 Å². The Morgan fingerprint density at radius 3 is 2.19 bits per heavy atom. The molecule has 0 aliphatic heterocycles. The maximum absolute atomic E-state index is 12.5. The maximum Gasteiger partial charge on any atom is 0.416 e. The van der Waals surface area contributed by atoms with Gasteiger partial charge < -0.3 is 11.1 Å². The van der Waals surface area contributed by atoms with Crippen molar-refractivity contribution in [3.8, 4) is 0 Å². The summed E-state index contributed by atoms with van der Waals surface area (Å²) in [6.45, 7) is 5.68. The highest BCUT2D eigenvalue weighted by atomic mass is 19.4. The first-order valence-electron chi connectivity index (χ1n) is 6.73. The zero-order chi connectivity index (χ0) is 16.3. The summed E-state index contributed by atoms with van der Waals surface area (Å²) in [5.41, 5.74) is 5.05. The first-order valence-corrected chi connectivity index (χ1v) is 6.73. The van der Waals surface area contributed by atoms with Gasteiger partial charge >= 0.3 is 6.18 Å². The van der Waals surface area contributed by atoms with Gasteiger partial charge in [0.15, 0.2) is 0 Å². The smallest absolute Gasteiger partial charge is 0.350 e.